The molecule has 92 valence electrons. The maximum Gasteiger partial charge on any atom is 0.119 e. The van der Waals surface area contributed by atoms with E-state index in [-0.39, 0.29) is 0 Å². The topological polar surface area (TPSA) is 30.5 Å². The summed E-state index contributed by atoms with van der Waals surface area (Å²) >= 11 is 0. The molecule has 0 atom stereocenters. The smallest absolute Gasteiger partial charge is 0.119 e. The molecule has 1 aromatic rings. The van der Waals surface area contributed by atoms with Gasteiger partial charge in [-0.2, -0.15) is 0 Å². The highest BCUT2D eigenvalue weighted by Gasteiger charge is 2.02. The van der Waals surface area contributed by atoms with E-state index in [9.17, 15) is 0 Å². The Hall–Kier alpha value is -1.48. The number of rotatable bonds is 5. The van der Waals surface area contributed by atoms with Crippen LogP contribution in [-0.2, 0) is 0 Å². The normalized spacial score (nSPS) is 15.2. The Morgan fingerprint density at radius 2 is 1.94 bits per heavy atom. The molecule has 3 nitrogen and oxygen atoms in total. The van der Waals surface area contributed by atoms with Crippen LogP contribution >= 0.6 is 0 Å². The molecule has 1 N–H and O–H groups in total. The summed E-state index contributed by atoms with van der Waals surface area (Å²) in [6, 6.07) is 7.70. The lowest BCUT2D eigenvalue weighted by atomic mass is 10.1. The van der Waals surface area contributed by atoms with Gasteiger partial charge in [0.25, 0.3) is 0 Å². The third kappa shape index (κ3) is 3.79. The van der Waals surface area contributed by atoms with Crippen LogP contribution in [0.4, 0.5) is 0 Å². The molecular formula is C14H19NO2. The van der Waals surface area contributed by atoms with Crippen LogP contribution in [0.2, 0.25) is 0 Å². The van der Waals surface area contributed by atoms with Gasteiger partial charge in [-0.25, -0.2) is 0 Å². The van der Waals surface area contributed by atoms with Gasteiger partial charge in [0.2, 0.25) is 0 Å². The highest BCUT2D eigenvalue weighted by atomic mass is 16.5. The lowest BCUT2D eigenvalue weighted by Gasteiger charge is -2.14. The first kappa shape index (κ1) is 12.0. The summed E-state index contributed by atoms with van der Waals surface area (Å²) in [5.74, 6) is 1.76. The van der Waals surface area contributed by atoms with Crippen molar-refractivity contribution in [2.45, 2.75) is 12.8 Å². The van der Waals surface area contributed by atoms with Crippen LogP contribution in [0.3, 0.4) is 0 Å². The lowest BCUT2D eigenvalue weighted by molar-refractivity contribution is 0.318. The zero-order valence-electron chi connectivity index (χ0n) is 10.2. The van der Waals surface area contributed by atoms with E-state index in [1.807, 2.05) is 24.3 Å². The molecular weight excluding hydrogens is 214 g/mol. The number of benzene rings is 1. The van der Waals surface area contributed by atoms with Crippen molar-refractivity contribution in [2.24, 2.45) is 0 Å². The summed E-state index contributed by atoms with van der Waals surface area (Å²) in [4.78, 5) is 0. The van der Waals surface area contributed by atoms with E-state index in [1.165, 1.54) is 5.57 Å². The molecule has 1 heterocycles. The van der Waals surface area contributed by atoms with E-state index >= 15 is 0 Å². The van der Waals surface area contributed by atoms with Crippen LogP contribution < -0.4 is 14.8 Å². The van der Waals surface area contributed by atoms with Gasteiger partial charge >= 0.3 is 0 Å². The van der Waals surface area contributed by atoms with Gasteiger partial charge in [0, 0.05) is 13.0 Å². The summed E-state index contributed by atoms with van der Waals surface area (Å²) in [5, 5.41) is 3.36. The lowest BCUT2D eigenvalue weighted by Crippen LogP contribution is -2.23. The summed E-state index contributed by atoms with van der Waals surface area (Å²) in [6.07, 6.45) is 4.45. The highest BCUT2D eigenvalue weighted by molar-refractivity contribution is 5.31. The average Bonchev–Trinajstić information content (AvgIpc) is 2.41. The van der Waals surface area contributed by atoms with Gasteiger partial charge in [0.1, 0.15) is 11.5 Å². The van der Waals surface area contributed by atoms with E-state index in [0.29, 0.717) is 0 Å². The molecule has 0 aliphatic carbocycles. The molecule has 0 unspecified atom stereocenters. The van der Waals surface area contributed by atoms with Crippen molar-refractivity contribution in [3.63, 3.8) is 0 Å². The van der Waals surface area contributed by atoms with E-state index in [2.05, 4.69) is 11.4 Å². The Morgan fingerprint density at radius 3 is 2.59 bits per heavy atom. The van der Waals surface area contributed by atoms with Crippen LogP contribution in [0.5, 0.6) is 11.5 Å². The first-order valence-electron chi connectivity index (χ1n) is 6.04. The minimum absolute atomic E-state index is 0.736. The van der Waals surface area contributed by atoms with E-state index < -0.39 is 0 Å². The number of methoxy groups -OCH3 is 1. The monoisotopic (exact) mass is 233 g/mol. The fourth-order valence-corrected chi connectivity index (χ4v) is 1.86. The molecule has 0 aromatic heterocycles. The quantitative estimate of drug-likeness (QED) is 0.792. The first-order valence-corrected chi connectivity index (χ1v) is 6.04. The third-order valence-electron chi connectivity index (χ3n) is 2.86. The van der Waals surface area contributed by atoms with Crippen molar-refractivity contribution in [3.05, 3.63) is 35.9 Å². The van der Waals surface area contributed by atoms with Crippen molar-refractivity contribution in [3.8, 4) is 11.5 Å². The zero-order valence-corrected chi connectivity index (χ0v) is 10.2. The molecule has 0 fully saturated rings. The largest absolute Gasteiger partial charge is 0.497 e. The number of ether oxygens (including phenoxy) is 2. The van der Waals surface area contributed by atoms with E-state index in [4.69, 9.17) is 9.47 Å². The van der Waals surface area contributed by atoms with Gasteiger partial charge in [-0.1, -0.05) is 11.6 Å². The molecule has 0 saturated carbocycles. The summed E-state index contributed by atoms with van der Waals surface area (Å²) in [7, 11) is 1.67. The second kappa shape index (κ2) is 6.30. The molecule has 0 bridgehead atoms. The number of hydrogen-bond donors (Lipinski definition) is 1. The second-order valence-corrected chi connectivity index (χ2v) is 4.10. The third-order valence-corrected chi connectivity index (χ3v) is 2.86. The van der Waals surface area contributed by atoms with Crippen LogP contribution in [0.1, 0.15) is 12.8 Å². The zero-order chi connectivity index (χ0) is 11.9. The van der Waals surface area contributed by atoms with E-state index in [0.717, 1.165) is 44.0 Å². The van der Waals surface area contributed by atoms with Crippen molar-refractivity contribution in [2.75, 3.05) is 26.8 Å². The van der Waals surface area contributed by atoms with Gasteiger partial charge in [-0.15, -0.1) is 0 Å². The van der Waals surface area contributed by atoms with Crippen molar-refractivity contribution in [1.29, 1.82) is 0 Å². The van der Waals surface area contributed by atoms with Crippen LogP contribution in [-0.4, -0.2) is 26.8 Å². The predicted molar refractivity (Wildman–Crippen MR) is 68.7 cm³/mol. The Bertz CT molecular complexity index is 370. The van der Waals surface area contributed by atoms with Gasteiger partial charge < -0.3 is 14.8 Å². The van der Waals surface area contributed by atoms with Crippen LogP contribution in [0, 0.1) is 0 Å². The Balaban J connectivity index is 1.75. The standard InChI is InChI=1S/C14H19NO2/c1-16-13-4-6-14(7-5-13)17-10-8-12-3-2-9-15-11-12/h3-7,15H,2,8-11H2,1H3. The van der Waals surface area contributed by atoms with Crippen molar-refractivity contribution < 1.29 is 9.47 Å². The molecule has 1 aliphatic rings. The fraction of sp³-hybridized carbons (Fsp3) is 0.429. The van der Waals surface area contributed by atoms with Gasteiger partial charge in [-0.3, -0.25) is 0 Å². The Labute approximate surface area is 102 Å². The second-order valence-electron chi connectivity index (χ2n) is 4.10. The Morgan fingerprint density at radius 1 is 1.18 bits per heavy atom. The van der Waals surface area contributed by atoms with Crippen LogP contribution in [0.25, 0.3) is 0 Å². The van der Waals surface area contributed by atoms with Crippen molar-refractivity contribution >= 4 is 0 Å². The minimum Gasteiger partial charge on any atom is -0.497 e. The summed E-state index contributed by atoms with van der Waals surface area (Å²) < 4.78 is 10.8. The summed E-state index contributed by atoms with van der Waals surface area (Å²) in [6.45, 7) is 2.84. The molecule has 2 rings (SSSR count). The SMILES string of the molecule is COc1ccc(OCCC2=CCCNC2)cc1. The molecule has 0 saturated heterocycles. The molecule has 0 amide bonds. The number of nitrogens with one attached hydrogen (secondary N) is 1. The van der Waals surface area contributed by atoms with Gasteiger partial charge in [0.15, 0.2) is 0 Å². The van der Waals surface area contributed by atoms with Crippen LogP contribution in [0.15, 0.2) is 35.9 Å². The molecule has 17 heavy (non-hydrogen) atoms. The number of hydrogen-bond acceptors (Lipinski definition) is 3. The average molecular weight is 233 g/mol. The minimum atomic E-state index is 0.736. The molecule has 3 heteroatoms. The predicted octanol–water partition coefficient (Wildman–Crippen LogP) is 2.38. The first-order chi connectivity index (χ1) is 8.38. The van der Waals surface area contributed by atoms with Gasteiger partial charge in [0.05, 0.1) is 13.7 Å². The van der Waals surface area contributed by atoms with E-state index in [1.54, 1.807) is 7.11 Å². The fourth-order valence-electron chi connectivity index (χ4n) is 1.86. The van der Waals surface area contributed by atoms with Crippen molar-refractivity contribution in [1.82, 2.24) is 5.32 Å². The molecule has 0 radical (unpaired) electrons. The summed E-state index contributed by atoms with van der Waals surface area (Å²) in [5.41, 5.74) is 1.45. The molecule has 0 spiro atoms. The maximum atomic E-state index is 5.68. The highest BCUT2D eigenvalue weighted by Crippen LogP contribution is 2.17. The molecule has 1 aliphatic heterocycles. The maximum absolute atomic E-state index is 5.68. The Kier molecular flexibility index (Phi) is 4.45. The molecule has 1 aromatic carbocycles. The van der Waals surface area contributed by atoms with Gasteiger partial charge in [-0.05, 0) is 37.2 Å².